The molecule has 0 spiro atoms. The molecule has 35 heavy (non-hydrogen) atoms. The SMILES string of the molecule is CC(NS(=O)C(C)(C)C)c1cnc2n1C[C@H](c1cccc(F)c1F)CC[C@H]2N.O=C(O)C(F)(F)F. The Morgan fingerprint density at radius 1 is 1.26 bits per heavy atom. The maximum atomic E-state index is 14.4. The third-order valence-electron chi connectivity index (χ3n) is 5.43. The van der Waals surface area contributed by atoms with Crippen LogP contribution >= 0.6 is 0 Å². The van der Waals surface area contributed by atoms with Gasteiger partial charge in [0.1, 0.15) is 5.82 Å². The average molecular weight is 525 g/mol. The van der Waals surface area contributed by atoms with Gasteiger partial charge in [0.15, 0.2) is 11.6 Å². The van der Waals surface area contributed by atoms with Crippen LogP contribution in [0.2, 0.25) is 0 Å². The van der Waals surface area contributed by atoms with E-state index in [1.807, 2.05) is 32.3 Å². The molecule has 1 aliphatic rings. The molecule has 0 fully saturated rings. The number of carbonyl (C=O) groups is 1. The van der Waals surface area contributed by atoms with Crippen molar-refractivity contribution in [3.8, 4) is 0 Å². The maximum absolute atomic E-state index is 14.4. The molecule has 0 bridgehead atoms. The van der Waals surface area contributed by atoms with E-state index in [-0.39, 0.29) is 18.0 Å². The number of hydrogen-bond donors (Lipinski definition) is 3. The number of benzene rings is 1. The third kappa shape index (κ3) is 7.31. The highest BCUT2D eigenvalue weighted by molar-refractivity contribution is 7.84. The molecule has 1 aromatic carbocycles. The van der Waals surface area contributed by atoms with Gasteiger partial charge in [-0.1, -0.05) is 12.1 Å². The van der Waals surface area contributed by atoms with Crippen LogP contribution in [-0.2, 0) is 22.3 Å². The minimum atomic E-state index is -5.08. The number of aliphatic carboxylic acids is 1. The van der Waals surface area contributed by atoms with E-state index in [2.05, 4.69) is 9.71 Å². The van der Waals surface area contributed by atoms with Gasteiger partial charge in [-0.05, 0) is 52.2 Å². The Morgan fingerprint density at radius 3 is 2.40 bits per heavy atom. The van der Waals surface area contributed by atoms with Crippen molar-refractivity contribution in [3.63, 3.8) is 0 Å². The van der Waals surface area contributed by atoms with Crippen LogP contribution < -0.4 is 10.5 Å². The summed E-state index contributed by atoms with van der Waals surface area (Å²) in [5.41, 5.74) is 7.51. The Bertz CT molecular complexity index is 1070. The molecule has 0 radical (unpaired) electrons. The van der Waals surface area contributed by atoms with E-state index >= 15 is 0 Å². The van der Waals surface area contributed by atoms with Gasteiger partial charge in [-0.3, -0.25) is 0 Å². The van der Waals surface area contributed by atoms with Crippen LogP contribution in [0.15, 0.2) is 24.4 Å². The van der Waals surface area contributed by atoms with Gasteiger partial charge in [0.2, 0.25) is 0 Å². The van der Waals surface area contributed by atoms with E-state index in [9.17, 15) is 26.2 Å². The zero-order valence-electron chi connectivity index (χ0n) is 19.7. The highest BCUT2D eigenvalue weighted by Gasteiger charge is 2.38. The number of carboxylic acids is 1. The lowest BCUT2D eigenvalue weighted by atomic mass is 9.93. The number of nitrogens with two attached hydrogens (primary N) is 1. The molecule has 0 aliphatic carbocycles. The van der Waals surface area contributed by atoms with Crippen molar-refractivity contribution in [2.24, 2.45) is 5.73 Å². The predicted octanol–water partition coefficient (Wildman–Crippen LogP) is 4.48. The van der Waals surface area contributed by atoms with Gasteiger partial charge >= 0.3 is 12.1 Å². The molecule has 0 saturated heterocycles. The largest absolute Gasteiger partial charge is 0.490 e. The monoisotopic (exact) mass is 524 g/mol. The lowest BCUT2D eigenvalue weighted by molar-refractivity contribution is -0.192. The van der Waals surface area contributed by atoms with Crippen molar-refractivity contribution in [1.29, 1.82) is 0 Å². The molecule has 2 aromatic rings. The van der Waals surface area contributed by atoms with E-state index in [1.54, 1.807) is 12.3 Å². The molecular formula is C22H29F5N4O3S. The standard InChI is InChI=1S/C20H28F2N4OS.C2HF3O2/c1-12(25-28(27)20(2,3)4)17-10-24-19-16(23)9-8-13(11-26(17)19)14-6-5-7-15(21)18(14)22;3-2(4,5)1(6)7/h5-7,10,12-13,16,25H,8-9,11,23H2,1-4H3;(H,6,7)/t12?,13-,16-,28?;/m1./s1. The zero-order valence-corrected chi connectivity index (χ0v) is 20.5. The first-order chi connectivity index (χ1) is 16.0. The molecule has 196 valence electrons. The summed E-state index contributed by atoms with van der Waals surface area (Å²) in [7, 11) is -1.25. The van der Waals surface area contributed by atoms with Crippen LogP contribution in [0, 0.1) is 11.6 Å². The first-order valence-corrected chi connectivity index (χ1v) is 11.9. The van der Waals surface area contributed by atoms with Crippen LogP contribution in [0.5, 0.6) is 0 Å². The number of halogens is 5. The molecular weight excluding hydrogens is 495 g/mol. The van der Waals surface area contributed by atoms with Gasteiger partial charge < -0.3 is 15.4 Å². The number of aromatic nitrogens is 2. The Hall–Kier alpha value is -2.38. The zero-order chi connectivity index (χ0) is 26.7. The summed E-state index contributed by atoms with van der Waals surface area (Å²) in [6, 6.07) is 3.78. The number of nitrogens with one attached hydrogen (secondary N) is 1. The summed E-state index contributed by atoms with van der Waals surface area (Å²) < 4.78 is 77.1. The second kappa shape index (κ2) is 11.1. The number of hydrogen-bond acceptors (Lipinski definition) is 4. The van der Waals surface area contributed by atoms with E-state index < -0.39 is 39.5 Å². The van der Waals surface area contributed by atoms with Gasteiger partial charge in [-0.15, -0.1) is 0 Å². The second-order valence-electron chi connectivity index (χ2n) is 9.20. The van der Waals surface area contributed by atoms with Crippen molar-refractivity contribution in [3.05, 3.63) is 53.1 Å². The van der Waals surface area contributed by atoms with Gasteiger partial charge in [0.25, 0.3) is 0 Å². The topological polar surface area (TPSA) is 110 Å². The smallest absolute Gasteiger partial charge is 0.475 e. The fourth-order valence-electron chi connectivity index (χ4n) is 3.55. The lowest BCUT2D eigenvalue weighted by Gasteiger charge is -2.24. The van der Waals surface area contributed by atoms with Gasteiger partial charge in [-0.2, -0.15) is 13.2 Å². The second-order valence-corrected chi connectivity index (χ2v) is 11.2. The summed E-state index contributed by atoms with van der Waals surface area (Å²) >= 11 is 0. The van der Waals surface area contributed by atoms with E-state index in [1.165, 1.54) is 6.07 Å². The molecule has 7 nitrogen and oxygen atoms in total. The molecule has 4 N–H and O–H groups in total. The highest BCUT2D eigenvalue weighted by atomic mass is 32.2. The molecule has 13 heteroatoms. The summed E-state index contributed by atoms with van der Waals surface area (Å²) in [4.78, 5) is 13.4. The van der Waals surface area contributed by atoms with Gasteiger partial charge in [-0.25, -0.2) is 27.5 Å². The number of nitrogens with zero attached hydrogens (tertiary/aromatic N) is 2. The molecule has 1 aliphatic heterocycles. The third-order valence-corrected chi connectivity index (χ3v) is 7.11. The number of carboxylic acid groups (broad SMARTS) is 1. The average Bonchev–Trinajstić information content (AvgIpc) is 3.08. The van der Waals surface area contributed by atoms with Crippen molar-refractivity contribution in [2.75, 3.05) is 0 Å². The Labute approximate surface area is 202 Å². The molecule has 3 rings (SSSR count). The predicted molar refractivity (Wildman–Crippen MR) is 121 cm³/mol. The van der Waals surface area contributed by atoms with Crippen LogP contribution in [0.3, 0.4) is 0 Å². The number of imidazole rings is 1. The molecule has 4 atom stereocenters. The van der Waals surface area contributed by atoms with Gasteiger partial charge in [0.05, 0.1) is 39.7 Å². The lowest BCUT2D eigenvalue weighted by Crippen LogP contribution is -2.35. The van der Waals surface area contributed by atoms with Crippen LogP contribution in [0.25, 0.3) is 0 Å². The highest BCUT2D eigenvalue weighted by Crippen LogP contribution is 2.35. The van der Waals surface area contributed by atoms with Crippen molar-refractivity contribution >= 4 is 17.0 Å². The van der Waals surface area contributed by atoms with Crippen LogP contribution in [0.1, 0.15) is 75.6 Å². The van der Waals surface area contributed by atoms with E-state index in [0.717, 1.165) is 17.6 Å². The van der Waals surface area contributed by atoms with Crippen LogP contribution in [0.4, 0.5) is 22.0 Å². The van der Waals surface area contributed by atoms with Gasteiger partial charge in [0, 0.05) is 12.5 Å². The van der Waals surface area contributed by atoms with Crippen molar-refractivity contribution < 1.29 is 36.1 Å². The fraction of sp³-hybridized carbons (Fsp3) is 0.545. The maximum Gasteiger partial charge on any atom is 0.490 e. The van der Waals surface area contributed by atoms with Crippen molar-refractivity contribution in [2.45, 2.75) is 76.0 Å². The molecule has 1 aromatic heterocycles. The summed E-state index contributed by atoms with van der Waals surface area (Å²) in [5.74, 6) is -3.88. The molecule has 2 heterocycles. The fourth-order valence-corrected chi connectivity index (χ4v) is 4.35. The minimum absolute atomic E-state index is 0.212. The van der Waals surface area contributed by atoms with E-state index in [0.29, 0.717) is 24.9 Å². The van der Waals surface area contributed by atoms with E-state index in [4.69, 9.17) is 15.6 Å². The quantitative estimate of drug-likeness (QED) is 0.511. The number of rotatable bonds is 4. The normalized spacial score (nSPS) is 20.2. The van der Waals surface area contributed by atoms with Crippen LogP contribution in [-0.4, -0.2) is 35.8 Å². The first kappa shape index (κ1) is 28.9. The Balaban J connectivity index is 0.000000540. The molecule has 0 saturated carbocycles. The van der Waals surface area contributed by atoms with Crippen molar-refractivity contribution in [1.82, 2.24) is 14.3 Å². The summed E-state index contributed by atoms with van der Waals surface area (Å²) in [6.45, 7) is 8.07. The number of alkyl halides is 3. The number of fused-ring (bicyclic) bond motifs is 1. The first-order valence-electron chi connectivity index (χ1n) is 10.8. The summed E-state index contributed by atoms with van der Waals surface area (Å²) in [5, 5.41) is 7.12. The minimum Gasteiger partial charge on any atom is -0.475 e. The Morgan fingerprint density at radius 2 is 1.86 bits per heavy atom. The molecule has 0 amide bonds. The summed E-state index contributed by atoms with van der Waals surface area (Å²) in [6.07, 6.45) is -2.08. The Kier molecular flexibility index (Phi) is 9.17. The molecule has 2 unspecified atom stereocenters.